The summed E-state index contributed by atoms with van der Waals surface area (Å²) in [6.45, 7) is 2.36. The summed E-state index contributed by atoms with van der Waals surface area (Å²) < 4.78 is 22.9. The summed E-state index contributed by atoms with van der Waals surface area (Å²) in [5, 5.41) is 14.8. The summed E-state index contributed by atoms with van der Waals surface area (Å²) in [5.74, 6) is -1.81. The molecule has 0 saturated heterocycles. The number of amides is 2. The van der Waals surface area contributed by atoms with Crippen molar-refractivity contribution in [3.63, 3.8) is 0 Å². The van der Waals surface area contributed by atoms with Crippen LogP contribution in [0.1, 0.15) is 37.8 Å². The number of hydrogen-bond acceptors (Lipinski definition) is 9. The average Bonchev–Trinajstić information content (AvgIpc) is 3.20. The number of thioether (sulfide) groups is 2. The van der Waals surface area contributed by atoms with Crippen molar-refractivity contribution < 1.29 is 28.8 Å². The summed E-state index contributed by atoms with van der Waals surface area (Å²) in [4.78, 5) is 41.6. The van der Waals surface area contributed by atoms with Gasteiger partial charge in [0.1, 0.15) is 23.5 Å². The van der Waals surface area contributed by atoms with Crippen LogP contribution in [0.15, 0.2) is 82.6 Å². The van der Waals surface area contributed by atoms with Crippen LogP contribution in [0.4, 0.5) is 11.4 Å². The van der Waals surface area contributed by atoms with Crippen LogP contribution in [-0.4, -0.2) is 70.9 Å². The smallest absolute Gasteiger partial charge is 0.327 e. The van der Waals surface area contributed by atoms with Crippen molar-refractivity contribution in [2.45, 2.75) is 54.1 Å². The number of para-hydroxylation sites is 1. The van der Waals surface area contributed by atoms with E-state index in [1.165, 1.54) is 23.5 Å². The van der Waals surface area contributed by atoms with Crippen LogP contribution in [-0.2, 0) is 25.7 Å². The zero-order chi connectivity index (χ0) is 33.1. The number of anilines is 2. The monoisotopic (exact) mass is 684 g/mol. The number of rotatable bonds is 15. The fourth-order valence-electron chi connectivity index (χ4n) is 5.07. The van der Waals surface area contributed by atoms with Gasteiger partial charge in [0.2, 0.25) is 10.8 Å². The van der Waals surface area contributed by atoms with Gasteiger partial charge in [-0.15, -0.1) is 16.5 Å². The molecule has 4 atom stereocenters. The maximum absolute atomic E-state index is 13.6. The highest BCUT2D eigenvalue weighted by molar-refractivity contribution is 7.98. The van der Waals surface area contributed by atoms with Crippen molar-refractivity contribution in [2.24, 2.45) is 0 Å². The Kier molecular flexibility index (Phi) is 13.5. The SMILES string of the molecule is CCCCC1CN(c2ccccc2)c2cc(SC)c(OCC(=O)NC(C(=O)NC(CSC)C(=O)O)c3ccccc3)cc2[S+]([O-])N1. The molecule has 1 aliphatic rings. The molecule has 0 bridgehead atoms. The second-order valence-electron chi connectivity index (χ2n) is 10.7. The molecule has 0 radical (unpaired) electrons. The van der Waals surface area contributed by atoms with E-state index in [1.807, 2.05) is 42.7 Å². The summed E-state index contributed by atoms with van der Waals surface area (Å²) in [7, 11) is 0. The Morgan fingerprint density at radius 3 is 2.41 bits per heavy atom. The minimum Gasteiger partial charge on any atom is -0.593 e. The fraction of sp³-hybridized carbons (Fsp3) is 0.364. The molecule has 4 rings (SSSR count). The van der Waals surface area contributed by atoms with E-state index in [2.05, 4.69) is 27.2 Å². The molecule has 0 spiro atoms. The molecular weight excluding hydrogens is 645 g/mol. The quantitative estimate of drug-likeness (QED) is 0.129. The Morgan fingerprint density at radius 2 is 1.78 bits per heavy atom. The second kappa shape index (κ2) is 17.5. The Bertz CT molecular complexity index is 1470. The number of carbonyl (C=O) groups is 3. The molecule has 46 heavy (non-hydrogen) atoms. The lowest BCUT2D eigenvalue weighted by atomic mass is 10.1. The number of carbonyl (C=O) groups excluding carboxylic acids is 2. The van der Waals surface area contributed by atoms with Gasteiger partial charge in [0.25, 0.3) is 5.91 Å². The van der Waals surface area contributed by atoms with E-state index in [0.717, 1.165) is 35.5 Å². The lowest BCUT2D eigenvalue weighted by Gasteiger charge is -2.26. The first kappa shape index (κ1) is 35.5. The summed E-state index contributed by atoms with van der Waals surface area (Å²) in [6, 6.07) is 20.0. The van der Waals surface area contributed by atoms with Crippen LogP contribution in [0, 0.1) is 0 Å². The molecule has 246 valence electrons. The molecule has 1 heterocycles. The zero-order valence-corrected chi connectivity index (χ0v) is 28.5. The molecular formula is C33H40N4O6S3. The van der Waals surface area contributed by atoms with Gasteiger partial charge in [-0.2, -0.15) is 11.8 Å². The van der Waals surface area contributed by atoms with E-state index in [-0.39, 0.29) is 11.8 Å². The number of nitrogens with zero attached hydrogens (tertiary/aromatic N) is 1. The fourth-order valence-corrected chi connectivity index (χ4v) is 7.38. The van der Waals surface area contributed by atoms with Crippen LogP contribution in [0.3, 0.4) is 0 Å². The van der Waals surface area contributed by atoms with E-state index in [0.29, 0.717) is 22.8 Å². The number of fused-ring (bicyclic) bond motifs is 1. The van der Waals surface area contributed by atoms with Crippen molar-refractivity contribution in [3.05, 3.63) is 78.4 Å². The summed E-state index contributed by atoms with van der Waals surface area (Å²) >= 11 is 1.20. The van der Waals surface area contributed by atoms with E-state index in [4.69, 9.17) is 4.74 Å². The van der Waals surface area contributed by atoms with Crippen LogP contribution in [0.5, 0.6) is 5.75 Å². The van der Waals surface area contributed by atoms with Gasteiger partial charge in [0.15, 0.2) is 6.61 Å². The molecule has 3 aromatic carbocycles. The topological polar surface area (TPSA) is 143 Å². The summed E-state index contributed by atoms with van der Waals surface area (Å²) in [6.07, 6.45) is 6.56. The highest BCUT2D eigenvalue weighted by atomic mass is 32.2. The first-order chi connectivity index (χ1) is 22.2. The first-order valence-electron chi connectivity index (χ1n) is 15.0. The van der Waals surface area contributed by atoms with Crippen LogP contribution in [0.2, 0.25) is 0 Å². The van der Waals surface area contributed by atoms with Gasteiger partial charge in [0.05, 0.1) is 22.3 Å². The van der Waals surface area contributed by atoms with Gasteiger partial charge in [-0.25, -0.2) is 4.79 Å². The molecule has 3 aromatic rings. The second-order valence-corrected chi connectivity index (χ2v) is 13.7. The number of carboxylic acid groups (broad SMARTS) is 1. The molecule has 13 heteroatoms. The van der Waals surface area contributed by atoms with E-state index < -0.39 is 47.8 Å². The van der Waals surface area contributed by atoms with Crippen molar-refractivity contribution in [3.8, 4) is 5.75 Å². The highest BCUT2D eigenvalue weighted by Gasteiger charge is 2.33. The van der Waals surface area contributed by atoms with Crippen LogP contribution < -0.4 is 25.0 Å². The predicted octanol–water partition coefficient (Wildman–Crippen LogP) is 4.90. The third kappa shape index (κ3) is 9.35. The third-order valence-electron chi connectivity index (χ3n) is 7.39. The van der Waals surface area contributed by atoms with Gasteiger partial charge < -0.3 is 29.9 Å². The van der Waals surface area contributed by atoms with Gasteiger partial charge in [0, 0.05) is 24.1 Å². The van der Waals surface area contributed by atoms with Crippen molar-refractivity contribution in [1.82, 2.24) is 15.4 Å². The molecule has 4 N–H and O–H groups in total. The predicted molar refractivity (Wildman–Crippen MR) is 185 cm³/mol. The number of unbranched alkanes of at least 4 members (excludes halogenated alkanes) is 1. The van der Waals surface area contributed by atoms with E-state index in [1.54, 1.807) is 42.7 Å². The van der Waals surface area contributed by atoms with Crippen molar-refractivity contribution >= 4 is 64.0 Å². The van der Waals surface area contributed by atoms with Gasteiger partial charge >= 0.3 is 5.97 Å². The maximum atomic E-state index is 13.6. The molecule has 1 aliphatic heterocycles. The molecule has 0 aromatic heterocycles. The molecule has 0 aliphatic carbocycles. The Balaban J connectivity index is 1.57. The minimum absolute atomic E-state index is 0.000948. The molecule has 10 nitrogen and oxygen atoms in total. The average molecular weight is 685 g/mol. The lowest BCUT2D eigenvalue weighted by molar-refractivity contribution is -0.141. The van der Waals surface area contributed by atoms with Gasteiger partial charge in [-0.1, -0.05) is 68.3 Å². The van der Waals surface area contributed by atoms with Gasteiger partial charge in [-0.3, -0.25) is 9.59 Å². The molecule has 0 saturated carbocycles. The number of nitrogens with one attached hydrogen (secondary N) is 3. The number of aliphatic carboxylic acids is 1. The van der Waals surface area contributed by atoms with Crippen molar-refractivity contribution in [1.29, 1.82) is 0 Å². The summed E-state index contributed by atoms with van der Waals surface area (Å²) in [5.41, 5.74) is 2.28. The van der Waals surface area contributed by atoms with Gasteiger partial charge in [-0.05, 0) is 42.7 Å². The lowest BCUT2D eigenvalue weighted by Crippen LogP contribution is -2.49. The van der Waals surface area contributed by atoms with E-state index in [9.17, 15) is 24.0 Å². The van der Waals surface area contributed by atoms with E-state index >= 15 is 0 Å². The first-order valence-corrected chi connectivity index (χ1v) is 18.7. The Hall–Kier alpha value is -3.36. The van der Waals surface area contributed by atoms with Crippen LogP contribution in [0.25, 0.3) is 0 Å². The zero-order valence-electron chi connectivity index (χ0n) is 26.1. The number of benzene rings is 3. The Labute approximate surface area is 281 Å². The highest BCUT2D eigenvalue weighted by Crippen LogP contribution is 2.41. The third-order valence-corrected chi connectivity index (χ3v) is 10.1. The van der Waals surface area contributed by atoms with Crippen LogP contribution >= 0.6 is 23.5 Å². The normalized spacial score (nSPS) is 17.3. The number of hydrogen-bond donors (Lipinski definition) is 4. The maximum Gasteiger partial charge on any atom is 0.327 e. The minimum atomic E-state index is -1.53. The Morgan fingerprint density at radius 1 is 1.09 bits per heavy atom. The molecule has 0 fully saturated rings. The molecule has 4 unspecified atom stereocenters. The number of ether oxygens (including phenoxy) is 1. The largest absolute Gasteiger partial charge is 0.593 e. The number of carboxylic acids is 1. The van der Waals surface area contributed by atoms with Crippen molar-refractivity contribution in [2.75, 3.05) is 36.3 Å². The standard InChI is InChI=1S/C33H40N4O6S3/c1-4-5-14-23-19-37(24-15-10-7-11-16-24)26-17-28(45-3)27(18-29(26)46(42)36-23)43-20-30(38)35-31(22-12-8-6-9-13-22)32(39)34-25(21-44-2)33(40)41/h6-13,15-18,23,25,31,36H,4-5,14,19-21H2,1-3H3,(H,34,39)(H,35,38)(H,40,41). The molecule has 2 amide bonds.